The summed E-state index contributed by atoms with van der Waals surface area (Å²) in [4.78, 5) is 26.2. The Labute approximate surface area is 158 Å². The van der Waals surface area contributed by atoms with Crippen LogP contribution in [-0.4, -0.2) is 30.1 Å². The summed E-state index contributed by atoms with van der Waals surface area (Å²) in [6, 6.07) is 16.1. The SMILES string of the molecule is CCOC(=O)CCN(C(=O)Nc1cccc(Cl)c1)C(C)c1ccccc1. The van der Waals surface area contributed by atoms with Gasteiger partial charge in [0.05, 0.1) is 19.1 Å². The van der Waals surface area contributed by atoms with Crippen molar-refractivity contribution in [2.45, 2.75) is 26.3 Å². The van der Waals surface area contributed by atoms with Crippen molar-refractivity contribution in [2.24, 2.45) is 0 Å². The van der Waals surface area contributed by atoms with Crippen LogP contribution in [-0.2, 0) is 9.53 Å². The zero-order chi connectivity index (χ0) is 18.9. The van der Waals surface area contributed by atoms with Crippen LogP contribution in [0.2, 0.25) is 5.02 Å². The Hall–Kier alpha value is -2.53. The minimum absolute atomic E-state index is 0.133. The van der Waals surface area contributed by atoms with Crippen molar-refractivity contribution in [2.75, 3.05) is 18.5 Å². The van der Waals surface area contributed by atoms with Gasteiger partial charge in [-0.15, -0.1) is 0 Å². The van der Waals surface area contributed by atoms with Crippen molar-refractivity contribution in [1.29, 1.82) is 0 Å². The van der Waals surface area contributed by atoms with Crippen LogP contribution < -0.4 is 5.32 Å². The summed E-state index contributed by atoms with van der Waals surface area (Å²) in [6.07, 6.45) is 0.133. The van der Waals surface area contributed by atoms with Crippen molar-refractivity contribution < 1.29 is 14.3 Å². The molecular weight excluding hydrogens is 352 g/mol. The molecule has 0 aliphatic rings. The Kier molecular flexibility index (Phi) is 7.48. The number of ether oxygens (including phenoxy) is 1. The van der Waals surface area contributed by atoms with E-state index in [0.717, 1.165) is 5.56 Å². The first-order chi connectivity index (χ1) is 12.5. The van der Waals surface area contributed by atoms with E-state index in [0.29, 0.717) is 17.3 Å². The van der Waals surface area contributed by atoms with E-state index in [1.165, 1.54) is 0 Å². The molecular formula is C20H23ClN2O3. The first kappa shape index (κ1) is 19.8. The Morgan fingerprint density at radius 3 is 2.54 bits per heavy atom. The Morgan fingerprint density at radius 2 is 1.88 bits per heavy atom. The standard InChI is InChI=1S/C20H23ClN2O3/c1-3-26-19(24)12-13-23(15(2)16-8-5-4-6-9-16)20(25)22-18-11-7-10-17(21)14-18/h4-11,14-15H,3,12-13H2,1-2H3,(H,22,25). The second-order valence-electron chi connectivity index (χ2n) is 5.78. The normalized spacial score (nSPS) is 11.5. The fraction of sp³-hybridized carbons (Fsp3) is 0.300. The van der Waals surface area contributed by atoms with Crippen LogP contribution in [0.25, 0.3) is 0 Å². The second-order valence-corrected chi connectivity index (χ2v) is 6.21. The Balaban J connectivity index is 2.15. The van der Waals surface area contributed by atoms with Gasteiger partial charge in [-0.3, -0.25) is 4.79 Å². The smallest absolute Gasteiger partial charge is 0.322 e. The van der Waals surface area contributed by atoms with E-state index < -0.39 is 0 Å². The number of benzene rings is 2. The van der Waals surface area contributed by atoms with Gasteiger partial charge in [0.2, 0.25) is 0 Å². The third kappa shape index (κ3) is 5.77. The largest absolute Gasteiger partial charge is 0.466 e. The number of nitrogens with one attached hydrogen (secondary N) is 1. The predicted molar refractivity (Wildman–Crippen MR) is 103 cm³/mol. The van der Waals surface area contributed by atoms with Gasteiger partial charge in [-0.2, -0.15) is 0 Å². The number of anilines is 1. The van der Waals surface area contributed by atoms with Gasteiger partial charge in [0.25, 0.3) is 0 Å². The van der Waals surface area contributed by atoms with Gasteiger partial charge in [-0.05, 0) is 37.6 Å². The molecule has 0 spiro atoms. The fourth-order valence-corrected chi connectivity index (χ4v) is 2.78. The van der Waals surface area contributed by atoms with E-state index in [1.807, 2.05) is 37.3 Å². The number of halogens is 1. The van der Waals surface area contributed by atoms with E-state index in [1.54, 1.807) is 36.1 Å². The predicted octanol–water partition coefficient (Wildman–Crippen LogP) is 4.89. The minimum atomic E-state index is -0.326. The van der Waals surface area contributed by atoms with Gasteiger partial charge in [-0.1, -0.05) is 48.0 Å². The molecule has 2 aromatic rings. The highest BCUT2D eigenvalue weighted by Gasteiger charge is 2.22. The Bertz CT molecular complexity index is 737. The fourth-order valence-electron chi connectivity index (χ4n) is 2.59. The molecule has 0 aromatic heterocycles. The molecule has 1 N–H and O–H groups in total. The van der Waals surface area contributed by atoms with Gasteiger partial charge >= 0.3 is 12.0 Å². The lowest BCUT2D eigenvalue weighted by molar-refractivity contribution is -0.143. The molecule has 5 nitrogen and oxygen atoms in total. The molecule has 6 heteroatoms. The average molecular weight is 375 g/mol. The zero-order valence-corrected chi connectivity index (χ0v) is 15.7. The monoisotopic (exact) mass is 374 g/mol. The van der Waals surface area contributed by atoms with Crippen LogP contribution in [0.15, 0.2) is 54.6 Å². The molecule has 0 saturated carbocycles. The third-order valence-electron chi connectivity index (χ3n) is 3.95. The van der Waals surface area contributed by atoms with E-state index in [4.69, 9.17) is 16.3 Å². The maximum absolute atomic E-state index is 12.8. The van der Waals surface area contributed by atoms with Crippen LogP contribution >= 0.6 is 11.6 Å². The molecule has 1 atom stereocenters. The van der Waals surface area contributed by atoms with E-state index in [9.17, 15) is 9.59 Å². The minimum Gasteiger partial charge on any atom is -0.466 e. The summed E-state index contributed by atoms with van der Waals surface area (Å²) in [7, 11) is 0. The van der Waals surface area contributed by atoms with E-state index in [-0.39, 0.29) is 31.0 Å². The second kappa shape index (κ2) is 9.82. The van der Waals surface area contributed by atoms with Crippen LogP contribution in [0.3, 0.4) is 0 Å². The van der Waals surface area contributed by atoms with Crippen molar-refractivity contribution in [3.8, 4) is 0 Å². The molecule has 0 aliphatic heterocycles. The highest BCUT2D eigenvalue weighted by molar-refractivity contribution is 6.30. The first-order valence-electron chi connectivity index (χ1n) is 8.55. The third-order valence-corrected chi connectivity index (χ3v) is 4.18. The summed E-state index contributed by atoms with van der Waals surface area (Å²) in [5, 5.41) is 3.38. The number of amides is 2. The summed E-state index contributed by atoms with van der Waals surface area (Å²) in [5.74, 6) is -0.326. The highest BCUT2D eigenvalue weighted by atomic mass is 35.5. The maximum atomic E-state index is 12.8. The van der Waals surface area contributed by atoms with Crippen LogP contribution in [0.1, 0.15) is 31.9 Å². The number of carbonyl (C=O) groups excluding carboxylic acids is 2. The van der Waals surface area contributed by atoms with Gasteiger partial charge < -0.3 is 15.0 Å². The van der Waals surface area contributed by atoms with Crippen LogP contribution in [0.4, 0.5) is 10.5 Å². The number of hydrogen-bond acceptors (Lipinski definition) is 3. The number of hydrogen-bond donors (Lipinski definition) is 1. The van der Waals surface area contributed by atoms with Crippen LogP contribution in [0, 0.1) is 0 Å². The maximum Gasteiger partial charge on any atom is 0.322 e. The number of esters is 1. The number of urea groups is 1. The molecule has 2 rings (SSSR count). The summed E-state index contributed by atoms with van der Waals surface area (Å²) >= 11 is 5.98. The molecule has 0 saturated heterocycles. The average Bonchev–Trinajstić information content (AvgIpc) is 2.62. The number of nitrogens with zero attached hydrogens (tertiary/aromatic N) is 1. The Morgan fingerprint density at radius 1 is 1.15 bits per heavy atom. The van der Waals surface area contributed by atoms with Gasteiger partial charge in [0.15, 0.2) is 0 Å². The topological polar surface area (TPSA) is 58.6 Å². The molecule has 138 valence electrons. The molecule has 0 aliphatic carbocycles. The highest BCUT2D eigenvalue weighted by Crippen LogP contribution is 2.22. The quantitative estimate of drug-likeness (QED) is 0.702. The zero-order valence-electron chi connectivity index (χ0n) is 14.9. The van der Waals surface area contributed by atoms with Crippen LogP contribution in [0.5, 0.6) is 0 Å². The molecule has 2 aromatic carbocycles. The van der Waals surface area contributed by atoms with Gasteiger partial charge in [0, 0.05) is 17.3 Å². The summed E-state index contributed by atoms with van der Waals surface area (Å²) < 4.78 is 4.98. The number of carbonyl (C=O) groups is 2. The molecule has 0 heterocycles. The van der Waals surface area contributed by atoms with Gasteiger partial charge in [-0.25, -0.2) is 4.79 Å². The lowest BCUT2D eigenvalue weighted by Crippen LogP contribution is -2.38. The summed E-state index contributed by atoms with van der Waals surface area (Å²) in [5.41, 5.74) is 1.58. The molecule has 2 amide bonds. The molecule has 26 heavy (non-hydrogen) atoms. The molecule has 1 unspecified atom stereocenters. The number of rotatable bonds is 7. The van der Waals surface area contributed by atoms with Crippen molar-refractivity contribution in [1.82, 2.24) is 4.90 Å². The molecule has 0 bridgehead atoms. The first-order valence-corrected chi connectivity index (χ1v) is 8.92. The summed E-state index contributed by atoms with van der Waals surface area (Å²) in [6.45, 7) is 4.26. The van der Waals surface area contributed by atoms with E-state index >= 15 is 0 Å². The van der Waals surface area contributed by atoms with Crippen molar-refractivity contribution >= 4 is 29.3 Å². The molecule has 0 fully saturated rings. The van der Waals surface area contributed by atoms with Crippen molar-refractivity contribution in [3.63, 3.8) is 0 Å². The van der Waals surface area contributed by atoms with Crippen molar-refractivity contribution in [3.05, 3.63) is 65.2 Å². The van der Waals surface area contributed by atoms with E-state index in [2.05, 4.69) is 5.32 Å². The van der Waals surface area contributed by atoms with Gasteiger partial charge in [0.1, 0.15) is 0 Å². The lowest BCUT2D eigenvalue weighted by atomic mass is 10.1. The lowest BCUT2D eigenvalue weighted by Gasteiger charge is -2.29. The molecule has 0 radical (unpaired) electrons.